The molecule has 0 radical (unpaired) electrons. The number of anilines is 2. The van der Waals surface area contributed by atoms with Crippen molar-refractivity contribution in [3.63, 3.8) is 0 Å². The minimum Gasteiger partial charge on any atom is -0.378 e. The summed E-state index contributed by atoms with van der Waals surface area (Å²) in [6.07, 6.45) is 3.49. The third-order valence-corrected chi connectivity index (χ3v) is 7.10. The van der Waals surface area contributed by atoms with Crippen LogP contribution in [0.25, 0.3) is 4.85 Å². The van der Waals surface area contributed by atoms with Crippen LogP contribution in [0.3, 0.4) is 0 Å². The maximum absolute atomic E-state index is 15.2. The van der Waals surface area contributed by atoms with Crippen LogP contribution in [0.5, 0.6) is 0 Å². The Balaban J connectivity index is 1.49. The minimum atomic E-state index is -0.883. The van der Waals surface area contributed by atoms with Crippen molar-refractivity contribution in [3.05, 3.63) is 58.8 Å². The standard InChI is InChI=1S/C24H22FN5O3S/c1-15-12-17(14-27-20(15)26-2)29-22(32)24(6-3-7-24)30(23(29)34)16-4-5-18(19(25)13-16)21(31)28-8-10-33-11-9-28/h4-5,12-14H,3,6-11H2,1H3. The van der Waals surface area contributed by atoms with Crippen LogP contribution in [0.4, 0.5) is 21.6 Å². The summed E-state index contributed by atoms with van der Waals surface area (Å²) in [6.45, 7) is 10.7. The first-order chi connectivity index (χ1) is 16.4. The molecular formula is C24H22FN5O3S. The number of hydrogen-bond acceptors (Lipinski definition) is 5. The van der Waals surface area contributed by atoms with E-state index in [-0.39, 0.29) is 28.3 Å². The van der Waals surface area contributed by atoms with Crippen LogP contribution in [0, 0.1) is 19.3 Å². The van der Waals surface area contributed by atoms with E-state index in [1.54, 1.807) is 28.9 Å². The van der Waals surface area contributed by atoms with E-state index in [9.17, 15) is 9.59 Å². The molecule has 174 valence electrons. The van der Waals surface area contributed by atoms with Gasteiger partial charge < -0.3 is 19.4 Å². The Bertz CT molecular complexity index is 1250. The number of carbonyl (C=O) groups is 2. The third-order valence-electron chi connectivity index (χ3n) is 6.73. The van der Waals surface area contributed by atoms with E-state index in [1.807, 2.05) is 0 Å². The van der Waals surface area contributed by atoms with Gasteiger partial charge in [-0.3, -0.25) is 14.5 Å². The topological polar surface area (TPSA) is 70.3 Å². The zero-order valence-electron chi connectivity index (χ0n) is 18.6. The van der Waals surface area contributed by atoms with Gasteiger partial charge in [-0.15, -0.1) is 4.98 Å². The van der Waals surface area contributed by atoms with Crippen molar-refractivity contribution >= 4 is 46.3 Å². The molecule has 1 aromatic carbocycles. The number of ether oxygens (including phenoxy) is 1. The molecule has 2 aromatic rings. The van der Waals surface area contributed by atoms with Crippen molar-refractivity contribution in [3.8, 4) is 0 Å². The number of halogens is 1. The predicted molar refractivity (Wildman–Crippen MR) is 128 cm³/mol. The Kier molecular flexibility index (Phi) is 5.54. The molecule has 3 heterocycles. The number of nitrogens with zero attached hydrogens (tertiary/aromatic N) is 5. The summed E-state index contributed by atoms with van der Waals surface area (Å²) in [5.41, 5.74) is 0.649. The number of aromatic nitrogens is 1. The van der Waals surface area contributed by atoms with Crippen molar-refractivity contribution < 1.29 is 18.7 Å². The molecule has 0 N–H and O–H groups in total. The van der Waals surface area contributed by atoms with Crippen LogP contribution in [0.1, 0.15) is 35.2 Å². The zero-order chi connectivity index (χ0) is 24.0. The van der Waals surface area contributed by atoms with Gasteiger partial charge in [-0.2, -0.15) is 0 Å². The van der Waals surface area contributed by atoms with Crippen LogP contribution in [0.2, 0.25) is 0 Å². The smallest absolute Gasteiger partial charge is 0.272 e. The first kappa shape index (κ1) is 22.4. The summed E-state index contributed by atoms with van der Waals surface area (Å²) in [4.78, 5) is 38.6. The second kappa shape index (κ2) is 8.42. The Labute approximate surface area is 201 Å². The lowest BCUT2D eigenvalue weighted by atomic mass is 9.75. The fraction of sp³-hybridized carbons (Fsp3) is 0.375. The lowest BCUT2D eigenvalue weighted by molar-refractivity contribution is -0.123. The van der Waals surface area contributed by atoms with Gasteiger partial charge in [0.1, 0.15) is 17.6 Å². The van der Waals surface area contributed by atoms with Gasteiger partial charge >= 0.3 is 0 Å². The fourth-order valence-electron chi connectivity index (χ4n) is 4.75. The summed E-state index contributed by atoms with van der Waals surface area (Å²) in [5.74, 6) is -0.960. The minimum absolute atomic E-state index is 0.0174. The molecule has 34 heavy (non-hydrogen) atoms. The number of morpholine rings is 1. The maximum atomic E-state index is 15.2. The lowest BCUT2D eigenvalue weighted by Gasteiger charge is -2.43. The van der Waals surface area contributed by atoms with Crippen molar-refractivity contribution in [2.75, 3.05) is 36.1 Å². The summed E-state index contributed by atoms with van der Waals surface area (Å²) >= 11 is 5.72. The molecule has 10 heteroatoms. The van der Waals surface area contributed by atoms with Gasteiger partial charge in [0.05, 0.1) is 24.5 Å². The normalized spacial score (nSPS) is 19.4. The molecule has 1 aliphatic carbocycles. The maximum Gasteiger partial charge on any atom is 0.272 e. The van der Waals surface area contributed by atoms with Gasteiger partial charge in [0.15, 0.2) is 5.11 Å². The number of hydrogen-bond donors (Lipinski definition) is 0. The molecule has 2 saturated heterocycles. The van der Waals surface area contributed by atoms with E-state index in [1.165, 1.54) is 23.2 Å². The molecule has 8 nitrogen and oxygen atoms in total. The molecule has 0 bridgehead atoms. The average Bonchev–Trinajstić information content (AvgIpc) is 3.05. The number of benzene rings is 1. The highest BCUT2D eigenvalue weighted by Gasteiger charge is 2.59. The number of thiocarbonyl (C=S) groups is 1. The Hall–Kier alpha value is -3.42. The van der Waals surface area contributed by atoms with Gasteiger partial charge in [-0.25, -0.2) is 4.39 Å². The number of aryl methyl sites for hydroxylation is 1. The molecule has 1 spiro atoms. The number of carbonyl (C=O) groups excluding carboxylic acids is 2. The largest absolute Gasteiger partial charge is 0.378 e. The SMILES string of the molecule is [C-]#[N+]c1ncc(N2C(=O)C3(CCC3)N(c3ccc(C(=O)N4CCOCC4)c(F)c3)C2=S)cc1C. The van der Waals surface area contributed by atoms with Crippen molar-refractivity contribution in [1.29, 1.82) is 0 Å². The molecule has 0 atom stereocenters. The number of pyridine rings is 1. The van der Waals surface area contributed by atoms with Crippen molar-refractivity contribution in [1.82, 2.24) is 9.88 Å². The monoisotopic (exact) mass is 479 g/mol. The third kappa shape index (κ3) is 3.35. The Morgan fingerprint density at radius 2 is 1.97 bits per heavy atom. The number of amides is 2. The van der Waals surface area contributed by atoms with Gasteiger partial charge in [0, 0.05) is 18.8 Å². The molecule has 2 aliphatic heterocycles. The Morgan fingerprint density at radius 3 is 2.56 bits per heavy atom. The molecule has 1 saturated carbocycles. The zero-order valence-corrected chi connectivity index (χ0v) is 19.4. The van der Waals surface area contributed by atoms with Crippen LogP contribution in [-0.2, 0) is 9.53 Å². The molecule has 3 fully saturated rings. The van der Waals surface area contributed by atoms with Crippen LogP contribution in [-0.4, -0.2) is 58.7 Å². The van der Waals surface area contributed by atoms with Crippen molar-refractivity contribution in [2.24, 2.45) is 0 Å². The second-order valence-corrected chi connectivity index (χ2v) is 9.02. The summed E-state index contributed by atoms with van der Waals surface area (Å²) in [7, 11) is 0. The van der Waals surface area contributed by atoms with Crippen LogP contribution in [0.15, 0.2) is 30.5 Å². The van der Waals surface area contributed by atoms with Crippen molar-refractivity contribution in [2.45, 2.75) is 31.7 Å². The first-order valence-corrected chi connectivity index (χ1v) is 11.5. The van der Waals surface area contributed by atoms with E-state index in [4.69, 9.17) is 23.5 Å². The predicted octanol–water partition coefficient (Wildman–Crippen LogP) is 3.61. The first-order valence-electron chi connectivity index (χ1n) is 11.1. The summed E-state index contributed by atoms with van der Waals surface area (Å²) in [5, 5.41) is 0.230. The average molecular weight is 480 g/mol. The highest BCUT2D eigenvalue weighted by atomic mass is 32.1. The highest BCUT2D eigenvalue weighted by Crippen LogP contribution is 2.48. The van der Waals surface area contributed by atoms with E-state index in [0.717, 1.165) is 6.42 Å². The van der Waals surface area contributed by atoms with E-state index >= 15 is 4.39 Å². The highest BCUT2D eigenvalue weighted by molar-refractivity contribution is 7.81. The van der Waals surface area contributed by atoms with Gasteiger partial charge in [0.25, 0.3) is 17.6 Å². The van der Waals surface area contributed by atoms with E-state index in [2.05, 4.69) is 9.83 Å². The quantitative estimate of drug-likeness (QED) is 0.495. The van der Waals surface area contributed by atoms with Crippen LogP contribution < -0.4 is 9.80 Å². The van der Waals surface area contributed by atoms with Gasteiger partial charge in [0.2, 0.25) is 0 Å². The lowest BCUT2D eigenvalue weighted by Crippen LogP contribution is -2.55. The second-order valence-electron chi connectivity index (χ2n) is 8.66. The van der Waals surface area contributed by atoms with Gasteiger partial charge in [-0.05, 0) is 68.2 Å². The summed E-state index contributed by atoms with van der Waals surface area (Å²) < 4.78 is 20.4. The number of rotatable bonds is 3. The Morgan fingerprint density at radius 1 is 1.24 bits per heavy atom. The molecule has 5 rings (SSSR count). The fourth-order valence-corrected chi connectivity index (χ4v) is 5.22. The molecule has 2 amide bonds. The molecule has 1 aromatic heterocycles. The van der Waals surface area contributed by atoms with Gasteiger partial charge in [-0.1, -0.05) is 6.57 Å². The van der Waals surface area contributed by atoms with E-state index in [0.29, 0.717) is 56.1 Å². The molecule has 0 unspecified atom stereocenters. The van der Waals surface area contributed by atoms with E-state index < -0.39 is 11.4 Å². The summed E-state index contributed by atoms with van der Waals surface area (Å²) in [6, 6.07) is 6.10. The molecular weight excluding hydrogens is 457 g/mol. The van der Waals surface area contributed by atoms with Crippen LogP contribution >= 0.6 is 12.2 Å². The molecule has 3 aliphatic rings.